The van der Waals surface area contributed by atoms with Gasteiger partial charge >= 0.3 is 0 Å². The van der Waals surface area contributed by atoms with Crippen LogP contribution in [-0.2, 0) is 13.1 Å². The third-order valence-electron chi connectivity index (χ3n) is 2.89. The minimum Gasteiger partial charge on any atom is -0.335 e. The Labute approximate surface area is 131 Å². The summed E-state index contributed by atoms with van der Waals surface area (Å²) in [7, 11) is 1.70. The number of hydrogen-bond donors (Lipinski definition) is 0. The summed E-state index contributed by atoms with van der Waals surface area (Å²) >= 11 is 7.32. The van der Waals surface area contributed by atoms with Gasteiger partial charge < -0.3 is 4.90 Å². The van der Waals surface area contributed by atoms with Gasteiger partial charge in [-0.15, -0.1) is 11.3 Å². The molecule has 0 saturated heterocycles. The SMILES string of the molecule is CCCn1nc(C(=O)N(C)Cc2ccc(Cl)s2)ccc1=O. The number of halogens is 1. The zero-order valence-corrected chi connectivity index (χ0v) is 13.4. The molecule has 0 spiro atoms. The van der Waals surface area contributed by atoms with Crippen molar-refractivity contribution in [1.29, 1.82) is 0 Å². The number of carbonyl (C=O) groups is 1. The zero-order chi connectivity index (χ0) is 15.4. The summed E-state index contributed by atoms with van der Waals surface area (Å²) in [5.74, 6) is -0.218. The first-order valence-corrected chi connectivity index (χ1v) is 7.78. The molecule has 5 nitrogen and oxygen atoms in total. The van der Waals surface area contributed by atoms with Crippen LogP contribution < -0.4 is 5.56 Å². The summed E-state index contributed by atoms with van der Waals surface area (Å²) in [5.41, 5.74) is 0.0781. The van der Waals surface area contributed by atoms with Crippen molar-refractivity contribution in [3.8, 4) is 0 Å². The molecule has 0 unspecified atom stereocenters. The van der Waals surface area contributed by atoms with Crippen LogP contribution in [0.3, 0.4) is 0 Å². The topological polar surface area (TPSA) is 55.2 Å². The fourth-order valence-corrected chi connectivity index (χ4v) is 3.01. The summed E-state index contributed by atoms with van der Waals surface area (Å²) in [4.78, 5) is 26.5. The van der Waals surface area contributed by atoms with E-state index in [-0.39, 0.29) is 17.2 Å². The lowest BCUT2D eigenvalue weighted by molar-refractivity contribution is 0.0777. The smallest absolute Gasteiger partial charge is 0.274 e. The molecule has 0 aliphatic heterocycles. The third kappa shape index (κ3) is 3.92. The number of nitrogens with zero attached hydrogens (tertiary/aromatic N) is 3. The van der Waals surface area contributed by atoms with Gasteiger partial charge in [-0.1, -0.05) is 18.5 Å². The van der Waals surface area contributed by atoms with Crippen LogP contribution in [0, 0.1) is 0 Å². The van der Waals surface area contributed by atoms with Gasteiger partial charge in [-0.05, 0) is 24.6 Å². The molecule has 21 heavy (non-hydrogen) atoms. The second-order valence-corrected chi connectivity index (χ2v) is 6.45. The Kier molecular flexibility index (Phi) is 5.14. The second-order valence-electron chi connectivity index (χ2n) is 4.65. The zero-order valence-electron chi connectivity index (χ0n) is 11.9. The largest absolute Gasteiger partial charge is 0.335 e. The fraction of sp³-hybridized carbons (Fsp3) is 0.357. The molecule has 112 valence electrons. The first kappa shape index (κ1) is 15.7. The van der Waals surface area contributed by atoms with Crippen molar-refractivity contribution in [2.75, 3.05) is 7.05 Å². The van der Waals surface area contributed by atoms with Crippen molar-refractivity contribution < 1.29 is 4.79 Å². The van der Waals surface area contributed by atoms with Gasteiger partial charge in [-0.25, -0.2) is 4.68 Å². The van der Waals surface area contributed by atoms with Gasteiger partial charge in [0.1, 0.15) is 5.69 Å². The highest BCUT2D eigenvalue weighted by Gasteiger charge is 2.15. The Morgan fingerprint density at radius 1 is 1.38 bits per heavy atom. The van der Waals surface area contributed by atoms with E-state index in [0.29, 0.717) is 17.4 Å². The number of amides is 1. The van der Waals surface area contributed by atoms with Gasteiger partial charge in [0.05, 0.1) is 10.9 Å². The third-order valence-corrected chi connectivity index (χ3v) is 4.11. The molecule has 0 atom stereocenters. The van der Waals surface area contributed by atoms with Crippen molar-refractivity contribution in [2.24, 2.45) is 0 Å². The molecule has 0 N–H and O–H groups in total. The molecule has 0 aliphatic carbocycles. The maximum atomic E-state index is 12.3. The second kappa shape index (κ2) is 6.87. The van der Waals surface area contributed by atoms with E-state index < -0.39 is 0 Å². The molecule has 0 aromatic carbocycles. The molecular weight excluding hydrogens is 310 g/mol. The first-order valence-electron chi connectivity index (χ1n) is 6.59. The highest BCUT2D eigenvalue weighted by atomic mass is 35.5. The molecule has 0 bridgehead atoms. The quantitative estimate of drug-likeness (QED) is 0.849. The number of rotatable bonds is 5. The van der Waals surface area contributed by atoms with Crippen molar-refractivity contribution in [1.82, 2.24) is 14.7 Å². The number of thiophene rings is 1. The van der Waals surface area contributed by atoms with Crippen LogP contribution in [0.2, 0.25) is 4.34 Å². The predicted molar refractivity (Wildman–Crippen MR) is 83.9 cm³/mol. The Bertz CT molecular complexity index is 696. The van der Waals surface area contributed by atoms with Crippen LogP contribution >= 0.6 is 22.9 Å². The molecule has 0 fully saturated rings. The van der Waals surface area contributed by atoms with E-state index in [1.54, 1.807) is 18.0 Å². The highest BCUT2D eigenvalue weighted by molar-refractivity contribution is 7.16. The maximum Gasteiger partial charge on any atom is 0.274 e. The van der Waals surface area contributed by atoms with E-state index in [2.05, 4.69) is 5.10 Å². The number of hydrogen-bond acceptors (Lipinski definition) is 4. The van der Waals surface area contributed by atoms with Crippen LogP contribution in [0.15, 0.2) is 29.1 Å². The molecule has 0 radical (unpaired) electrons. The number of aryl methyl sites for hydroxylation is 1. The van der Waals surface area contributed by atoms with Gasteiger partial charge in [0.15, 0.2) is 0 Å². The van der Waals surface area contributed by atoms with E-state index >= 15 is 0 Å². The standard InChI is InChI=1S/C14H16ClN3O2S/c1-3-8-18-13(19)7-5-11(16-18)14(20)17(2)9-10-4-6-12(15)21-10/h4-7H,3,8-9H2,1-2H3. The molecule has 7 heteroatoms. The van der Waals surface area contributed by atoms with E-state index in [4.69, 9.17) is 11.6 Å². The van der Waals surface area contributed by atoms with Crippen LogP contribution in [0.25, 0.3) is 0 Å². The molecule has 1 amide bonds. The maximum absolute atomic E-state index is 12.3. The lowest BCUT2D eigenvalue weighted by atomic mass is 10.3. The van der Waals surface area contributed by atoms with Gasteiger partial charge in [-0.3, -0.25) is 9.59 Å². The molecule has 0 aliphatic rings. The van der Waals surface area contributed by atoms with Crippen LogP contribution in [-0.4, -0.2) is 27.6 Å². The summed E-state index contributed by atoms with van der Waals surface area (Å²) in [6.45, 7) is 2.92. The molecule has 2 aromatic heterocycles. The monoisotopic (exact) mass is 325 g/mol. The van der Waals surface area contributed by atoms with Crippen molar-refractivity contribution in [2.45, 2.75) is 26.4 Å². The number of aromatic nitrogens is 2. The van der Waals surface area contributed by atoms with Gasteiger partial charge in [0.25, 0.3) is 11.5 Å². The summed E-state index contributed by atoms with van der Waals surface area (Å²) in [6, 6.07) is 6.54. The number of carbonyl (C=O) groups excluding carboxylic acids is 1. The molecular formula is C14H16ClN3O2S. The first-order chi connectivity index (χ1) is 10.0. The van der Waals surface area contributed by atoms with Gasteiger partial charge in [-0.2, -0.15) is 5.10 Å². The van der Waals surface area contributed by atoms with Crippen molar-refractivity contribution in [3.63, 3.8) is 0 Å². The molecule has 0 saturated carbocycles. The van der Waals surface area contributed by atoms with E-state index in [1.807, 2.05) is 13.0 Å². The van der Waals surface area contributed by atoms with E-state index in [9.17, 15) is 9.59 Å². The van der Waals surface area contributed by atoms with Crippen LogP contribution in [0.1, 0.15) is 28.7 Å². The average molecular weight is 326 g/mol. The summed E-state index contributed by atoms with van der Waals surface area (Å²) in [6.07, 6.45) is 0.786. The molecule has 2 aromatic rings. The Balaban J connectivity index is 2.15. The molecule has 2 rings (SSSR count). The molecule has 2 heterocycles. The lowest BCUT2D eigenvalue weighted by Crippen LogP contribution is -2.30. The summed E-state index contributed by atoms with van der Waals surface area (Å²) < 4.78 is 2.02. The minimum absolute atomic E-state index is 0.193. The Hall–Kier alpha value is -1.66. The average Bonchev–Trinajstić information content (AvgIpc) is 2.86. The van der Waals surface area contributed by atoms with E-state index in [0.717, 1.165) is 11.3 Å². The van der Waals surface area contributed by atoms with Crippen LogP contribution in [0.4, 0.5) is 0 Å². The minimum atomic E-state index is -0.218. The Morgan fingerprint density at radius 3 is 2.76 bits per heavy atom. The lowest BCUT2D eigenvalue weighted by Gasteiger charge is -2.16. The van der Waals surface area contributed by atoms with Gasteiger partial charge in [0.2, 0.25) is 0 Å². The van der Waals surface area contributed by atoms with Crippen molar-refractivity contribution in [3.05, 3.63) is 49.5 Å². The van der Waals surface area contributed by atoms with Crippen LogP contribution in [0.5, 0.6) is 0 Å². The fourth-order valence-electron chi connectivity index (χ4n) is 1.87. The normalized spacial score (nSPS) is 10.6. The Morgan fingerprint density at radius 2 is 2.14 bits per heavy atom. The summed E-state index contributed by atoms with van der Waals surface area (Å²) in [5, 5.41) is 4.12. The van der Waals surface area contributed by atoms with E-state index in [1.165, 1.54) is 28.2 Å². The predicted octanol–water partition coefficient (Wildman–Crippen LogP) is 2.64. The van der Waals surface area contributed by atoms with Gasteiger partial charge in [0, 0.05) is 24.5 Å². The highest BCUT2D eigenvalue weighted by Crippen LogP contribution is 2.22. The van der Waals surface area contributed by atoms with Crippen molar-refractivity contribution >= 4 is 28.8 Å².